The first-order valence-electron chi connectivity index (χ1n) is 9.73. The zero-order chi connectivity index (χ0) is 21.5. The molecule has 0 spiro atoms. The monoisotopic (exact) mass is 438 g/mol. The Labute approximate surface area is 180 Å². The van der Waals surface area contributed by atoms with Gasteiger partial charge in [0.2, 0.25) is 5.82 Å². The molecular weight excluding hydrogens is 420 g/mol. The minimum atomic E-state index is -0.434. The van der Waals surface area contributed by atoms with Crippen molar-refractivity contribution in [2.24, 2.45) is 7.05 Å². The molecule has 1 atom stereocenters. The first-order valence-corrected chi connectivity index (χ1v) is 10.5. The van der Waals surface area contributed by atoms with E-state index in [2.05, 4.69) is 20.1 Å². The van der Waals surface area contributed by atoms with Gasteiger partial charge in [-0.25, -0.2) is 14.8 Å². The standard InChI is InChI=1S/C20H18N6O4S/c1-11-21-16(30-24-11)15-23-18-14(19(27)25(15)2)22-17(31-18)13-9-6-10-26(13)20(28)29-12-7-4-3-5-8-12/h3-5,7-8,13H,6,9-10H2,1-2H3/t13-/m1/s1. The van der Waals surface area contributed by atoms with Crippen LogP contribution in [0.5, 0.6) is 5.75 Å². The third kappa shape index (κ3) is 3.46. The van der Waals surface area contributed by atoms with Crippen LogP contribution in [0.25, 0.3) is 22.1 Å². The summed E-state index contributed by atoms with van der Waals surface area (Å²) < 4.78 is 12.0. The van der Waals surface area contributed by atoms with E-state index in [1.807, 2.05) is 18.2 Å². The highest BCUT2D eigenvalue weighted by Crippen LogP contribution is 2.36. The number of thiazole rings is 1. The van der Waals surface area contributed by atoms with Gasteiger partial charge in [-0.3, -0.25) is 14.3 Å². The van der Waals surface area contributed by atoms with Crippen LogP contribution in [0.15, 0.2) is 39.6 Å². The van der Waals surface area contributed by atoms with E-state index in [9.17, 15) is 9.59 Å². The topological polar surface area (TPSA) is 116 Å². The number of aryl methyl sites for hydroxylation is 1. The average molecular weight is 438 g/mol. The van der Waals surface area contributed by atoms with Gasteiger partial charge in [-0.15, -0.1) is 0 Å². The summed E-state index contributed by atoms with van der Waals surface area (Å²) in [6.45, 7) is 2.25. The Hall–Kier alpha value is -3.60. The van der Waals surface area contributed by atoms with Crippen molar-refractivity contribution in [3.63, 3.8) is 0 Å². The molecule has 1 aliphatic heterocycles. The van der Waals surface area contributed by atoms with Gasteiger partial charge in [0, 0.05) is 13.6 Å². The van der Waals surface area contributed by atoms with Crippen LogP contribution in [0, 0.1) is 6.92 Å². The van der Waals surface area contributed by atoms with E-state index in [-0.39, 0.29) is 28.8 Å². The van der Waals surface area contributed by atoms with E-state index in [1.54, 1.807) is 31.0 Å². The molecule has 3 aromatic heterocycles. The maximum atomic E-state index is 12.9. The molecule has 158 valence electrons. The molecule has 1 saturated heterocycles. The van der Waals surface area contributed by atoms with Crippen LogP contribution in [0.3, 0.4) is 0 Å². The molecule has 4 aromatic rings. The van der Waals surface area contributed by atoms with Gasteiger partial charge in [-0.1, -0.05) is 34.7 Å². The lowest BCUT2D eigenvalue weighted by Crippen LogP contribution is -2.33. The van der Waals surface area contributed by atoms with Crippen LogP contribution in [-0.4, -0.2) is 42.2 Å². The van der Waals surface area contributed by atoms with Crippen LogP contribution in [0.4, 0.5) is 4.79 Å². The molecule has 5 rings (SSSR count). The minimum Gasteiger partial charge on any atom is -0.410 e. The van der Waals surface area contributed by atoms with E-state index < -0.39 is 6.09 Å². The number of amides is 1. The summed E-state index contributed by atoms with van der Waals surface area (Å²) in [4.78, 5) is 41.0. The van der Waals surface area contributed by atoms with Crippen LogP contribution in [-0.2, 0) is 7.05 Å². The highest BCUT2D eigenvalue weighted by atomic mass is 32.1. The van der Waals surface area contributed by atoms with Crippen molar-refractivity contribution in [2.45, 2.75) is 25.8 Å². The summed E-state index contributed by atoms with van der Waals surface area (Å²) in [5.41, 5.74) is -0.0551. The van der Waals surface area contributed by atoms with E-state index in [4.69, 9.17) is 9.26 Å². The number of rotatable bonds is 3. The number of hydrogen-bond acceptors (Lipinski definition) is 9. The first kappa shape index (κ1) is 19.4. The third-order valence-corrected chi connectivity index (χ3v) is 6.15. The minimum absolute atomic E-state index is 0.169. The predicted molar refractivity (Wildman–Crippen MR) is 112 cm³/mol. The van der Waals surface area contributed by atoms with Gasteiger partial charge < -0.3 is 9.26 Å². The maximum absolute atomic E-state index is 12.9. The largest absolute Gasteiger partial charge is 0.415 e. The fraction of sp³-hybridized carbons (Fsp3) is 0.300. The Kier molecular flexibility index (Phi) is 4.74. The van der Waals surface area contributed by atoms with Gasteiger partial charge >= 0.3 is 6.09 Å². The smallest absolute Gasteiger partial charge is 0.410 e. The fourth-order valence-corrected chi connectivity index (χ4v) is 4.66. The van der Waals surface area contributed by atoms with E-state index >= 15 is 0 Å². The number of nitrogens with zero attached hydrogens (tertiary/aromatic N) is 6. The van der Waals surface area contributed by atoms with Crippen molar-refractivity contribution < 1.29 is 14.1 Å². The Morgan fingerprint density at radius 1 is 1.23 bits per heavy atom. The molecule has 1 amide bonds. The Bertz CT molecular complexity index is 1330. The van der Waals surface area contributed by atoms with Crippen LogP contribution >= 0.6 is 11.3 Å². The van der Waals surface area contributed by atoms with Crippen molar-refractivity contribution in [1.29, 1.82) is 0 Å². The number of carbonyl (C=O) groups excluding carboxylic acids is 1. The molecule has 0 N–H and O–H groups in total. The number of likely N-dealkylation sites (tertiary alicyclic amines) is 1. The second-order valence-corrected chi connectivity index (χ2v) is 8.19. The number of benzene rings is 1. The van der Waals surface area contributed by atoms with Crippen LogP contribution in [0.2, 0.25) is 0 Å². The second-order valence-electron chi connectivity index (χ2n) is 7.18. The molecular formula is C20H18N6O4S. The van der Waals surface area contributed by atoms with Crippen LogP contribution < -0.4 is 10.3 Å². The predicted octanol–water partition coefficient (Wildman–Crippen LogP) is 3.08. The van der Waals surface area contributed by atoms with E-state index in [0.717, 1.165) is 12.8 Å². The van der Waals surface area contributed by atoms with E-state index in [1.165, 1.54) is 15.9 Å². The van der Waals surface area contributed by atoms with Crippen molar-refractivity contribution in [1.82, 2.24) is 29.6 Å². The summed E-state index contributed by atoms with van der Waals surface area (Å²) in [5, 5.41) is 4.42. The van der Waals surface area contributed by atoms with Gasteiger partial charge in [0.05, 0.1) is 6.04 Å². The molecule has 0 saturated carbocycles. The lowest BCUT2D eigenvalue weighted by Gasteiger charge is -2.22. The molecule has 11 heteroatoms. The first-order chi connectivity index (χ1) is 15.0. The number of ether oxygens (including phenoxy) is 1. The number of fused-ring (bicyclic) bond motifs is 1. The zero-order valence-corrected chi connectivity index (χ0v) is 17.6. The van der Waals surface area contributed by atoms with Gasteiger partial charge in [0.15, 0.2) is 16.2 Å². The normalized spacial score (nSPS) is 16.2. The zero-order valence-electron chi connectivity index (χ0n) is 16.8. The van der Waals surface area contributed by atoms with Gasteiger partial charge in [0.25, 0.3) is 11.4 Å². The molecule has 1 fully saturated rings. The van der Waals surface area contributed by atoms with Crippen molar-refractivity contribution >= 4 is 27.8 Å². The second kappa shape index (κ2) is 7.58. The lowest BCUT2D eigenvalue weighted by molar-refractivity contribution is 0.147. The van der Waals surface area contributed by atoms with Crippen molar-refractivity contribution in [2.75, 3.05) is 6.54 Å². The third-order valence-electron chi connectivity index (χ3n) is 5.10. The molecule has 0 aliphatic carbocycles. The van der Waals surface area contributed by atoms with E-state index in [0.29, 0.717) is 28.0 Å². The molecule has 10 nitrogen and oxygen atoms in total. The Balaban J connectivity index is 1.49. The summed E-state index contributed by atoms with van der Waals surface area (Å²) in [5.74, 6) is 1.38. The molecule has 0 unspecified atom stereocenters. The molecule has 4 heterocycles. The van der Waals surface area contributed by atoms with Gasteiger partial charge in [-0.2, -0.15) is 4.98 Å². The molecule has 0 radical (unpaired) electrons. The molecule has 1 aromatic carbocycles. The quantitative estimate of drug-likeness (QED) is 0.479. The summed E-state index contributed by atoms with van der Waals surface area (Å²) >= 11 is 1.29. The van der Waals surface area contributed by atoms with Crippen molar-refractivity contribution in [3.05, 3.63) is 51.5 Å². The van der Waals surface area contributed by atoms with Crippen molar-refractivity contribution in [3.8, 4) is 17.5 Å². The average Bonchev–Trinajstić information content (AvgIpc) is 3.50. The van der Waals surface area contributed by atoms with Gasteiger partial charge in [0.1, 0.15) is 10.8 Å². The number of aromatic nitrogens is 5. The number of para-hydroxylation sites is 1. The fourth-order valence-electron chi connectivity index (χ4n) is 3.58. The molecule has 0 bridgehead atoms. The summed E-state index contributed by atoms with van der Waals surface area (Å²) in [6, 6.07) is 8.66. The lowest BCUT2D eigenvalue weighted by atomic mass is 10.2. The molecule has 31 heavy (non-hydrogen) atoms. The SMILES string of the molecule is Cc1noc(-c2nc3sc([C@H]4CCCN4C(=O)Oc4ccccc4)nc3c(=O)n2C)n1. The number of hydrogen-bond donors (Lipinski definition) is 0. The molecule has 1 aliphatic rings. The highest BCUT2D eigenvalue weighted by molar-refractivity contribution is 7.18. The van der Waals surface area contributed by atoms with Crippen LogP contribution in [0.1, 0.15) is 29.7 Å². The summed E-state index contributed by atoms with van der Waals surface area (Å²) in [7, 11) is 1.59. The summed E-state index contributed by atoms with van der Waals surface area (Å²) in [6.07, 6.45) is 1.12. The highest BCUT2D eigenvalue weighted by Gasteiger charge is 2.34. The number of carbonyl (C=O) groups is 1. The van der Waals surface area contributed by atoms with Gasteiger partial charge in [-0.05, 0) is 31.9 Å². The maximum Gasteiger partial charge on any atom is 0.415 e. The Morgan fingerprint density at radius 3 is 2.77 bits per heavy atom. The Morgan fingerprint density at radius 2 is 2.03 bits per heavy atom.